The van der Waals surface area contributed by atoms with E-state index in [-0.39, 0.29) is 17.4 Å². The van der Waals surface area contributed by atoms with Gasteiger partial charge in [0.15, 0.2) is 0 Å². The smallest absolute Gasteiger partial charge is 0.256 e. The average molecular weight is 411 g/mol. The normalized spacial score (nSPS) is 18.8. The van der Waals surface area contributed by atoms with Crippen LogP contribution in [0.5, 0.6) is 0 Å². The van der Waals surface area contributed by atoms with Crippen LogP contribution in [0.3, 0.4) is 0 Å². The number of ether oxygens (including phenoxy) is 1. The molecule has 2 saturated heterocycles. The third-order valence-corrected chi connectivity index (χ3v) is 5.74. The molecule has 2 fully saturated rings. The Balaban J connectivity index is 1.48. The lowest BCUT2D eigenvalue weighted by molar-refractivity contribution is -0.142. The van der Waals surface area contributed by atoms with Gasteiger partial charge in [-0.1, -0.05) is 42.5 Å². The van der Waals surface area contributed by atoms with Crippen molar-refractivity contribution in [3.63, 3.8) is 0 Å². The quantitative estimate of drug-likeness (QED) is 0.774. The first kappa shape index (κ1) is 20.5. The molecule has 2 heterocycles. The molecule has 0 N–H and O–H groups in total. The summed E-state index contributed by atoms with van der Waals surface area (Å²) in [6.07, 6.45) is 0. The summed E-state index contributed by atoms with van der Waals surface area (Å²) in [7, 11) is 0. The van der Waals surface area contributed by atoms with Crippen molar-refractivity contribution >= 4 is 11.8 Å². The third kappa shape index (κ3) is 4.37. The van der Waals surface area contributed by atoms with Crippen LogP contribution in [0.2, 0.25) is 0 Å². The summed E-state index contributed by atoms with van der Waals surface area (Å²) < 4.78 is 19.4. The first-order valence-electron chi connectivity index (χ1n) is 10.3. The van der Waals surface area contributed by atoms with Gasteiger partial charge in [0.05, 0.1) is 18.8 Å². The van der Waals surface area contributed by atoms with Crippen LogP contribution in [0.4, 0.5) is 4.39 Å². The minimum Gasteiger partial charge on any atom is -0.378 e. The number of benzene rings is 2. The monoisotopic (exact) mass is 411 g/mol. The van der Waals surface area contributed by atoms with Crippen molar-refractivity contribution in [1.82, 2.24) is 14.7 Å². The fraction of sp³-hybridized carbons (Fsp3) is 0.391. The van der Waals surface area contributed by atoms with Crippen molar-refractivity contribution in [1.29, 1.82) is 0 Å². The van der Waals surface area contributed by atoms with E-state index in [9.17, 15) is 14.0 Å². The number of nitrogens with zero attached hydrogens (tertiary/aromatic N) is 3. The lowest BCUT2D eigenvalue weighted by atomic mass is 10.0. The van der Waals surface area contributed by atoms with Crippen molar-refractivity contribution in [2.24, 2.45) is 0 Å². The summed E-state index contributed by atoms with van der Waals surface area (Å²) in [5.74, 6) is -0.739. The van der Waals surface area contributed by atoms with E-state index in [0.717, 1.165) is 5.56 Å². The second-order valence-corrected chi connectivity index (χ2v) is 7.56. The molecule has 0 spiro atoms. The molecule has 2 aliphatic heterocycles. The maximum atomic E-state index is 14.0. The fourth-order valence-electron chi connectivity index (χ4n) is 4.09. The van der Waals surface area contributed by atoms with Gasteiger partial charge in [0.1, 0.15) is 11.9 Å². The van der Waals surface area contributed by atoms with Crippen LogP contribution in [0.15, 0.2) is 54.6 Å². The Bertz CT molecular complexity index is 878. The molecule has 158 valence electrons. The average Bonchev–Trinajstić information content (AvgIpc) is 2.81. The van der Waals surface area contributed by atoms with E-state index in [0.29, 0.717) is 52.5 Å². The summed E-state index contributed by atoms with van der Waals surface area (Å²) >= 11 is 0. The third-order valence-electron chi connectivity index (χ3n) is 5.74. The largest absolute Gasteiger partial charge is 0.378 e. The van der Waals surface area contributed by atoms with E-state index in [1.54, 1.807) is 17.0 Å². The van der Waals surface area contributed by atoms with E-state index >= 15 is 0 Å². The number of amides is 2. The number of carbonyl (C=O) groups is 2. The zero-order valence-electron chi connectivity index (χ0n) is 16.9. The highest BCUT2D eigenvalue weighted by Crippen LogP contribution is 2.26. The lowest BCUT2D eigenvalue weighted by Gasteiger charge is -2.41. The van der Waals surface area contributed by atoms with Crippen molar-refractivity contribution in [3.8, 4) is 0 Å². The van der Waals surface area contributed by atoms with E-state index in [1.165, 1.54) is 12.1 Å². The van der Waals surface area contributed by atoms with Crippen molar-refractivity contribution in [2.45, 2.75) is 6.04 Å². The lowest BCUT2D eigenvalue weighted by Crippen LogP contribution is -2.54. The molecular weight excluding hydrogens is 385 g/mol. The Hall–Kier alpha value is -2.77. The Morgan fingerprint density at radius 1 is 0.800 bits per heavy atom. The molecule has 0 bridgehead atoms. The van der Waals surface area contributed by atoms with Gasteiger partial charge in [0.25, 0.3) is 5.91 Å². The highest BCUT2D eigenvalue weighted by molar-refractivity contribution is 5.94. The summed E-state index contributed by atoms with van der Waals surface area (Å²) in [6, 6.07) is 15.4. The molecular formula is C23H26FN3O3. The molecule has 0 radical (unpaired) electrons. The zero-order chi connectivity index (χ0) is 20.9. The van der Waals surface area contributed by atoms with E-state index in [2.05, 4.69) is 4.90 Å². The highest BCUT2D eigenvalue weighted by atomic mass is 19.1. The molecule has 2 aliphatic rings. The molecule has 6 nitrogen and oxygen atoms in total. The minimum absolute atomic E-state index is 0.0679. The van der Waals surface area contributed by atoms with Gasteiger partial charge >= 0.3 is 0 Å². The van der Waals surface area contributed by atoms with Crippen LogP contribution in [0.1, 0.15) is 22.0 Å². The van der Waals surface area contributed by atoms with Crippen LogP contribution in [0, 0.1) is 5.82 Å². The van der Waals surface area contributed by atoms with Gasteiger partial charge in [-0.05, 0) is 17.7 Å². The van der Waals surface area contributed by atoms with Crippen molar-refractivity contribution in [3.05, 3.63) is 71.5 Å². The van der Waals surface area contributed by atoms with Crippen LogP contribution >= 0.6 is 0 Å². The van der Waals surface area contributed by atoms with Gasteiger partial charge in [-0.15, -0.1) is 0 Å². The standard InChI is InChI=1S/C23H26FN3O3/c24-20-9-5-4-8-19(20)22(28)26-12-10-25(11-13-26)21(18-6-2-1-3-7-18)23(29)27-14-16-30-17-15-27/h1-9,21H,10-17H2. The van der Waals surface area contributed by atoms with Gasteiger partial charge in [-0.25, -0.2) is 4.39 Å². The Morgan fingerprint density at radius 2 is 1.43 bits per heavy atom. The molecule has 30 heavy (non-hydrogen) atoms. The number of hydrogen-bond donors (Lipinski definition) is 0. The SMILES string of the molecule is O=C(c1ccccc1F)N1CCN(C(C(=O)N2CCOCC2)c2ccccc2)CC1. The van der Waals surface area contributed by atoms with Crippen LogP contribution in [-0.4, -0.2) is 79.0 Å². The molecule has 0 aliphatic carbocycles. The zero-order valence-corrected chi connectivity index (χ0v) is 16.9. The molecule has 0 saturated carbocycles. The molecule has 4 rings (SSSR count). The minimum atomic E-state index is -0.505. The molecule has 7 heteroatoms. The first-order valence-corrected chi connectivity index (χ1v) is 10.3. The van der Waals surface area contributed by atoms with Crippen LogP contribution < -0.4 is 0 Å². The second-order valence-electron chi connectivity index (χ2n) is 7.56. The van der Waals surface area contributed by atoms with E-state index in [1.807, 2.05) is 35.2 Å². The topological polar surface area (TPSA) is 53.1 Å². The Morgan fingerprint density at radius 3 is 2.10 bits per heavy atom. The summed E-state index contributed by atoms with van der Waals surface area (Å²) in [4.78, 5) is 31.8. The second kappa shape index (κ2) is 9.36. The van der Waals surface area contributed by atoms with Gasteiger partial charge in [0.2, 0.25) is 5.91 Å². The number of morpholine rings is 1. The van der Waals surface area contributed by atoms with Crippen LogP contribution in [0.25, 0.3) is 0 Å². The molecule has 2 amide bonds. The number of carbonyl (C=O) groups excluding carboxylic acids is 2. The Kier molecular flexibility index (Phi) is 6.40. The predicted octanol–water partition coefficient (Wildman–Crippen LogP) is 2.18. The highest BCUT2D eigenvalue weighted by Gasteiger charge is 2.35. The van der Waals surface area contributed by atoms with Crippen LogP contribution in [-0.2, 0) is 9.53 Å². The van der Waals surface area contributed by atoms with Crippen molar-refractivity contribution < 1.29 is 18.7 Å². The van der Waals surface area contributed by atoms with Gasteiger partial charge in [-0.2, -0.15) is 0 Å². The maximum Gasteiger partial charge on any atom is 0.256 e. The molecule has 0 aromatic heterocycles. The van der Waals surface area contributed by atoms with Crippen molar-refractivity contribution in [2.75, 3.05) is 52.5 Å². The summed E-state index contributed by atoms with van der Waals surface area (Å²) in [6.45, 7) is 4.30. The number of rotatable bonds is 4. The van der Waals surface area contributed by atoms with Gasteiger partial charge in [0, 0.05) is 39.3 Å². The summed E-state index contributed by atoms with van der Waals surface area (Å²) in [5.41, 5.74) is 1.04. The first-order chi connectivity index (χ1) is 14.6. The molecule has 2 aromatic rings. The predicted molar refractivity (Wildman–Crippen MR) is 110 cm³/mol. The van der Waals surface area contributed by atoms with E-state index in [4.69, 9.17) is 4.74 Å². The fourth-order valence-corrected chi connectivity index (χ4v) is 4.09. The Labute approximate surface area is 175 Å². The molecule has 2 aromatic carbocycles. The number of halogens is 1. The molecule has 1 unspecified atom stereocenters. The number of piperazine rings is 1. The van der Waals surface area contributed by atoms with Gasteiger partial charge < -0.3 is 14.5 Å². The van der Waals surface area contributed by atoms with E-state index < -0.39 is 11.9 Å². The molecule has 1 atom stereocenters. The number of hydrogen-bond acceptors (Lipinski definition) is 4. The summed E-state index contributed by atoms with van der Waals surface area (Å²) in [5, 5.41) is 0. The van der Waals surface area contributed by atoms with Gasteiger partial charge in [-0.3, -0.25) is 14.5 Å². The maximum absolute atomic E-state index is 14.0.